The fourth-order valence-electron chi connectivity index (χ4n) is 6.38. The zero-order chi connectivity index (χ0) is 32.5. The Balaban J connectivity index is 1.66. The van der Waals surface area contributed by atoms with Crippen molar-refractivity contribution >= 4 is 40.3 Å². The number of Topliss-reactive ketones (excluding diaryl/α,β-unsaturated/α-hetero) is 1. The van der Waals surface area contributed by atoms with Crippen molar-refractivity contribution in [3.05, 3.63) is 36.0 Å². The van der Waals surface area contributed by atoms with E-state index in [9.17, 15) is 24.0 Å². The molecule has 0 spiro atoms. The summed E-state index contributed by atoms with van der Waals surface area (Å²) in [6, 6.07) is 4.20. The zero-order valence-electron chi connectivity index (χ0n) is 27.1. The first kappa shape index (κ1) is 34.0. The lowest BCUT2D eigenvalue weighted by molar-refractivity contribution is -0.147. The lowest BCUT2D eigenvalue weighted by atomic mass is 9.93. The van der Waals surface area contributed by atoms with Gasteiger partial charge in [-0.05, 0) is 49.7 Å². The average Bonchev–Trinajstić information content (AvgIpc) is 3.41. The molecule has 2 saturated heterocycles. The topological polar surface area (TPSA) is 139 Å². The largest absolute Gasteiger partial charge is 0.417 e. The number of para-hydroxylation sites is 1. The number of fused-ring (bicyclic) bond motifs is 2. The number of carbonyl (C=O) groups is 5. The minimum Gasteiger partial charge on any atom is -0.417 e. The number of aromatic nitrogens is 1. The molecule has 1 aromatic heterocycles. The fourth-order valence-corrected chi connectivity index (χ4v) is 6.38. The maximum atomic E-state index is 14.0. The summed E-state index contributed by atoms with van der Waals surface area (Å²) >= 11 is 0. The molecule has 5 atom stereocenters. The third kappa shape index (κ3) is 8.23. The fraction of sp³-hybridized carbons (Fsp3) is 0.618. The first-order valence-electron chi connectivity index (χ1n) is 16.5. The Hall–Kier alpha value is -3.89. The second kappa shape index (κ2) is 15.9. The van der Waals surface area contributed by atoms with Gasteiger partial charge in [0.05, 0.1) is 5.52 Å². The highest BCUT2D eigenvalue weighted by molar-refractivity contribution is 5.98. The number of ketones is 1. The summed E-state index contributed by atoms with van der Waals surface area (Å²) in [7, 11) is 1.56. The van der Waals surface area contributed by atoms with Crippen LogP contribution in [-0.4, -0.2) is 76.9 Å². The Labute approximate surface area is 265 Å². The van der Waals surface area contributed by atoms with Crippen molar-refractivity contribution in [1.29, 1.82) is 0 Å². The van der Waals surface area contributed by atoms with Crippen LogP contribution in [0.5, 0.6) is 0 Å². The van der Waals surface area contributed by atoms with Crippen LogP contribution in [0.2, 0.25) is 0 Å². The van der Waals surface area contributed by atoms with Crippen LogP contribution in [-0.2, 0) is 30.4 Å². The number of nitrogens with one attached hydrogen (secondary N) is 3. The molecule has 0 aliphatic carbocycles. The van der Waals surface area contributed by atoms with Crippen molar-refractivity contribution < 1.29 is 28.8 Å². The van der Waals surface area contributed by atoms with E-state index in [1.807, 2.05) is 45.0 Å². The molecule has 3 heterocycles. The van der Waals surface area contributed by atoms with Crippen molar-refractivity contribution in [2.75, 3.05) is 13.7 Å². The number of nitrogens with zero attached hydrogens (tertiary/aromatic N) is 2. The highest BCUT2D eigenvalue weighted by atomic mass is 16.6. The van der Waals surface area contributed by atoms with Gasteiger partial charge in [-0.3, -0.25) is 24.0 Å². The van der Waals surface area contributed by atoms with Crippen molar-refractivity contribution in [1.82, 2.24) is 25.6 Å². The average molecular weight is 624 g/mol. The predicted octanol–water partition coefficient (Wildman–Crippen LogP) is 3.07. The summed E-state index contributed by atoms with van der Waals surface area (Å²) in [6.45, 7) is 6.14. The summed E-state index contributed by atoms with van der Waals surface area (Å²) in [6.07, 6.45) is 8.07. The van der Waals surface area contributed by atoms with E-state index >= 15 is 0 Å². The van der Waals surface area contributed by atoms with Crippen LogP contribution in [0.4, 0.5) is 0 Å². The van der Waals surface area contributed by atoms with Crippen LogP contribution >= 0.6 is 0 Å². The number of hydrogen-bond donors (Lipinski definition) is 3. The Morgan fingerprint density at radius 2 is 1.69 bits per heavy atom. The lowest BCUT2D eigenvalue weighted by Gasteiger charge is -2.39. The second-order valence-corrected chi connectivity index (χ2v) is 12.4. The van der Waals surface area contributed by atoms with Crippen LogP contribution in [0.25, 0.3) is 10.9 Å². The molecule has 2 aliphatic rings. The summed E-state index contributed by atoms with van der Waals surface area (Å²) in [4.78, 5) is 74.5. The molecule has 2 aliphatic heterocycles. The Kier molecular flexibility index (Phi) is 12.0. The predicted molar refractivity (Wildman–Crippen MR) is 171 cm³/mol. The Morgan fingerprint density at radius 3 is 2.42 bits per heavy atom. The van der Waals surface area contributed by atoms with Crippen LogP contribution < -0.4 is 20.8 Å². The quantitative estimate of drug-likeness (QED) is 0.311. The van der Waals surface area contributed by atoms with Gasteiger partial charge in [-0.2, -0.15) is 4.73 Å². The van der Waals surface area contributed by atoms with Gasteiger partial charge in [0.2, 0.25) is 23.6 Å². The molecule has 0 bridgehead atoms. The minimum atomic E-state index is -1.01. The summed E-state index contributed by atoms with van der Waals surface area (Å²) in [5.74, 6) is -1.50. The molecule has 2 fully saturated rings. The first-order chi connectivity index (χ1) is 21.7. The standard InChI is InChI=1S/C34H49N5O6/c1-5-22(3)30-34(44)38-19-13-12-18-29(38)33(43)35-26(16-9-7-8-14-24(40)6-2)31(41)36-27(32(42)37-30)20-23-21-39(45-4)28-17-11-10-15-25(23)28/h10-11,15,17,21-22,26-27,29-30H,5-9,12-14,16,18-20H2,1-4H3,(H,35,43)(H,36,41)(H,37,42). The van der Waals surface area contributed by atoms with Gasteiger partial charge in [0.25, 0.3) is 0 Å². The molecule has 3 N–H and O–H groups in total. The maximum Gasteiger partial charge on any atom is 0.246 e. The summed E-state index contributed by atoms with van der Waals surface area (Å²) < 4.78 is 1.62. The monoisotopic (exact) mass is 623 g/mol. The Morgan fingerprint density at radius 1 is 0.956 bits per heavy atom. The van der Waals surface area contributed by atoms with E-state index in [4.69, 9.17) is 4.84 Å². The van der Waals surface area contributed by atoms with E-state index in [1.165, 1.54) is 0 Å². The SMILES string of the molecule is CCC(=O)CCCCCC1NC(=O)C2CCCCN2C(=O)C(C(C)CC)NC(=O)C(Cc2cn(OC)c3ccccc23)NC1=O. The third-order valence-corrected chi connectivity index (χ3v) is 9.36. The van der Waals surface area contributed by atoms with E-state index in [0.717, 1.165) is 35.7 Å². The van der Waals surface area contributed by atoms with Crippen LogP contribution in [0.3, 0.4) is 0 Å². The van der Waals surface area contributed by atoms with E-state index < -0.39 is 36.0 Å². The molecular weight excluding hydrogens is 574 g/mol. The van der Waals surface area contributed by atoms with E-state index in [-0.39, 0.29) is 29.9 Å². The Bertz CT molecular complexity index is 1370. The van der Waals surface area contributed by atoms with E-state index in [1.54, 1.807) is 22.9 Å². The molecule has 4 amide bonds. The lowest BCUT2D eigenvalue weighted by Crippen LogP contribution is -2.64. The van der Waals surface area contributed by atoms with Gasteiger partial charge >= 0.3 is 0 Å². The molecule has 11 heteroatoms. The molecule has 45 heavy (non-hydrogen) atoms. The van der Waals surface area contributed by atoms with Crippen LogP contribution in [0.1, 0.15) is 90.5 Å². The number of carbonyl (C=O) groups excluding carboxylic acids is 5. The van der Waals surface area contributed by atoms with Crippen molar-refractivity contribution in [2.24, 2.45) is 5.92 Å². The summed E-state index contributed by atoms with van der Waals surface area (Å²) in [5.41, 5.74) is 1.62. The normalized spacial score (nSPS) is 23.7. The van der Waals surface area contributed by atoms with Gasteiger partial charge in [-0.25, -0.2) is 0 Å². The molecule has 1 aromatic carbocycles. The van der Waals surface area contributed by atoms with E-state index in [2.05, 4.69) is 16.0 Å². The molecule has 0 saturated carbocycles. The number of piperidine rings is 1. The zero-order valence-corrected chi connectivity index (χ0v) is 27.1. The molecule has 246 valence electrons. The van der Waals surface area contributed by atoms with Gasteiger partial charge in [0.1, 0.15) is 37.1 Å². The first-order valence-corrected chi connectivity index (χ1v) is 16.5. The highest BCUT2D eigenvalue weighted by Crippen LogP contribution is 2.24. The van der Waals surface area contributed by atoms with Gasteiger partial charge in [-0.1, -0.05) is 58.2 Å². The van der Waals surface area contributed by atoms with Crippen molar-refractivity contribution in [3.63, 3.8) is 0 Å². The second-order valence-electron chi connectivity index (χ2n) is 12.4. The number of benzene rings is 1. The smallest absolute Gasteiger partial charge is 0.246 e. The molecular formula is C34H49N5O6. The third-order valence-electron chi connectivity index (χ3n) is 9.36. The van der Waals surface area contributed by atoms with Crippen LogP contribution in [0.15, 0.2) is 30.5 Å². The summed E-state index contributed by atoms with van der Waals surface area (Å²) in [5, 5.41) is 9.75. The molecule has 11 nitrogen and oxygen atoms in total. The number of hydrogen-bond acceptors (Lipinski definition) is 6. The van der Waals surface area contributed by atoms with Crippen molar-refractivity contribution in [2.45, 2.75) is 116 Å². The molecule has 5 unspecified atom stereocenters. The number of amides is 4. The van der Waals surface area contributed by atoms with Gasteiger partial charge in [0, 0.05) is 37.4 Å². The van der Waals surface area contributed by atoms with Crippen LogP contribution in [0, 0.1) is 5.92 Å². The molecule has 4 rings (SSSR count). The van der Waals surface area contributed by atoms with Crippen molar-refractivity contribution in [3.8, 4) is 0 Å². The molecule has 2 aromatic rings. The van der Waals surface area contributed by atoms with Gasteiger partial charge < -0.3 is 25.7 Å². The highest BCUT2D eigenvalue weighted by Gasteiger charge is 2.40. The van der Waals surface area contributed by atoms with E-state index in [0.29, 0.717) is 51.5 Å². The molecule has 0 radical (unpaired) electrons. The minimum absolute atomic E-state index is 0.155. The van der Waals surface area contributed by atoms with Gasteiger partial charge in [-0.15, -0.1) is 0 Å². The van der Waals surface area contributed by atoms with Gasteiger partial charge in [0.15, 0.2) is 0 Å². The maximum absolute atomic E-state index is 14.0. The number of unbranched alkanes of at least 4 members (excludes halogenated alkanes) is 2. The number of rotatable bonds is 12.